The maximum atomic E-state index is 13.1. The van der Waals surface area contributed by atoms with Crippen molar-refractivity contribution in [2.45, 2.75) is 37.3 Å². The first-order valence-corrected chi connectivity index (χ1v) is 10.2. The number of methoxy groups -OCH3 is 2. The standard InChI is InChI=1S/C22H26N2O5/c1-12(26)14-10-23-8-7-22-15-5-4-6-16(28-2)19(15)24(11-25)20(22)18(21(27)29-3)13(14)9-17(22)23/h4-6,11-14,17,26H,7-10H2,1-3H3/t12-,13-,14-,17-,22+/m1/s1. The third-order valence-electron chi connectivity index (χ3n) is 7.60. The molecule has 1 aliphatic carbocycles. The predicted molar refractivity (Wildman–Crippen MR) is 106 cm³/mol. The summed E-state index contributed by atoms with van der Waals surface area (Å²) in [4.78, 5) is 29.5. The van der Waals surface area contributed by atoms with Gasteiger partial charge in [0.2, 0.25) is 6.41 Å². The van der Waals surface area contributed by atoms with E-state index in [0.717, 1.165) is 49.3 Å². The molecule has 154 valence electrons. The Bertz CT molecular complexity index is 926. The number of aliphatic hydroxyl groups is 1. The first-order chi connectivity index (χ1) is 14.0. The third kappa shape index (κ3) is 2.15. The van der Waals surface area contributed by atoms with Crippen molar-refractivity contribution in [2.75, 3.05) is 32.2 Å². The largest absolute Gasteiger partial charge is 0.495 e. The lowest BCUT2D eigenvalue weighted by molar-refractivity contribution is -0.138. The van der Waals surface area contributed by atoms with Crippen LogP contribution in [0.2, 0.25) is 0 Å². The molecule has 2 saturated heterocycles. The number of nitrogens with zero attached hydrogens (tertiary/aromatic N) is 2. The molecule has 3 aliphatic heterocycles. The van der Waals surface area contributed by atoms with E-state index >= 15 is 0 Å². The van der Waals surface area contributed by atoms with Crippen LogP contribution in [0.5, 0.6) is 5.75 Å². The second kappa shape index (κ2) is 6.31. The van der Waals surface area contributed by atoms with Gasteiger partial charge in [0.1, 0.15) is 5.75 Å². The van der Waals surface area contributed by atoms with Gasteiger partial charge in [-0.3, -0.25) is 14.6 Å². The Kier molecular flexibility index (Phi) is 4.05. The highest BCUT2D eigenvalue weighted by atomic mass is 16.5. The topological polar surface area (TPSA) is 79.3 Å². The van der Waals surface area contributed by atoms with E-state index in [1.807, 2.05) is 12.1 Å². The summed E-state index contributed by atoms with van der Waals surface area (Å²) in [5.41, 5.74) is 2.61. The van der Waals surface area contributed by atoms with Crippen molar-refractivity contribution >= 4 is 18.1 Å². The minimum absolute atomic E-state index is 0.0805. The van der Waals surface area contributed by atoms with Gasteiger partial charge in [-0.15, -0.1) is 0 Å². The van der Waals surface area contributed by atoms with E-state index in [1.54, 1.807) is 18.9 Å². The third-order valence-corrected chi connectivity index (χ3v) is 7.60. The zero-order valence-corrected chi connectivity index (χ0v) is 16.9. The summed E-state index contributed by atoms with van der Waals surface area (Å²) in [5.74, 6) is -0.0154. The second-order valence-electron chi connectivity index (χ2n) is 8.56. The number of hydrogen-bond donors (Lipinski definition) is 1. The summed E-state index contributed by atoms with van der Waals surface area (Å²) >= 11 is 0. The van der Waals surface area contributed by atoms with E-state index in [9.17, 15) is 14.7 Å². The number of carbonyl (C=O) groups is 2. The molecular formula is C22H26N2O5. The van der Waals surface area contributed by atoms with E-state index in [4.69, 9.17) is 9.47 Å². The SMILES string of the molecule is COC(=O)C1=C2N(C=O)c3c(OC)cccc3[C@]23CCN2C[C@H]([C@@H](C)O)[C@H]1C[C@@H]23. The fourth-order valence-corrected chi connectivity index (χ4v) is 6.51. The van der Waals surface area contributed by atoms with Gasteiger partial charge in [-0.05, 0) is 37.9 Å². The highest BCUT2D eigenvalue weighted by Gasteiger charge is 2.65. The molecule has 0 unspecified atom stereocenters. The average Bonchev–Trinajstić information content (AvgIpc) is 3.27. The Labute approximate surface area is 169 Å². The van der Waals surface area contributed by atoms with Crippen LogP contribution in [0.25, 0.3) is 0 Å². The number of anilines is 1. The molecule has 1 spiro atoms. The van der Waals surface area contributed by atoms with E-state index in [-0.39, 0.29) is 17.9 Å². The van der Waals surface area contributed by atoms with E-state index in [1.165, 1.54) is 7.11 Å². The van der Waals surface area contributed by atoms with Gasteiger partial charge in [-0.25, -0.2) is 4.79 Å². The van der Waals surface area contributed by atoms with Gasteiger partial charge in [-0.1, -0.05) is 12.1 Å². The van der Waals surface area contributed by atoms with E-state index < -0.39 is 17.5 Å². The van der Waals surface area contributed by atoms with Crippen LogP contribution in [0, 0.1) is 11.8 Å². The number of hydrogen-bond acceptors (Lipinski definition) is 6. The van der Waals surface area contributed by atoms with Crippen molar-refractivity contribution in [1.29, 1.82) is 0 Å². The number of aliphatic hydroxyl groups excluding tert-OH is 1. The molecule has 2 bridgehead atoms. The molecule has 29 heavy (non-hydrogen) atoms. The molecule has 0 saturated carbocycles. The summed E-state index contributed by atoms with van der Waals surface area (Å²) in [6.07, 6.45) is 1.82. The van der Waals surface area contributed by atoms with Crippen molar-refractivity contribution in [3.8, 4) is 5.75 Å². The molecule has 0 radical (unpaired) electrons. The van der Waals surface area contributed by atoms with Crippen LogP contribution in [0.3, 0.4) is 0 Å². The van der Waals surface area contributed by atoms with Crippen molar-refractivity contribution < 1.29 is 24.2 Å². The van der Waals surface area contributed by atoms with Gasteiger partial charge >= 0.3 is 5.97 Å². The van der Waals surface area contributed by atoms with Gasteiger partial charge in [-0.2, -0.15) is 0 Å². The Morgan fingerprint density at radius 2 is 2.17 bits per heavy atom. The molecule has 4 aliphatic rings. The Balaban J connectivity index is 1.86. The molecule has 1 N–H and O–H groups in total. The van der Waals surface area contributed by atoms with Crippen LogP contribution in [-0.2, 0) is 19.7 Å². The minimum atomic E-state index is -0.558. The maximum absolute atomic E-state index is 13.1. The highest BCUT2D eigenvalue weighted by molar-refractivity contribution is 5.99. The Morgan fingerprint density at radius 3 is 2.83 bits per heavy atom. The average molecular weight is 398 g/mol. The molecular weight excluding hydrogens is 372 g/mol. The summed E-state index contributed by atoms with van der Waals surface area (Å²) < 4.78 is 10.8. The summed E-state index contributed by atoms with van der Waals surface area (Å²) in [5, 5.41) is 10.5. The molecule has 7 heteroatoms. The van der Waals surface area contributed by atoms with Crippen LogP contribution in [0.15, 0.2) is 29.5 Å². The molecule has 0 aromatic heterocycles. The summed E-state index contributed by atoms with van der Waals surface area (Å²) in [7, 11) is 2.97. The fraction of sp³-hybridized carbons (Fsp3) is 0.545. The smallest absolute Gasteiger partial charge is 0.335 e. The number of ether oxygens (including phenoxy) is 2. The van der Waals surface area contributed by atoms with E-state index in [2.05, 4.69) is 11.0 Å². The lowest BCUT2D eigenvalue weighted by Crippen LogP contribution is -2.58. The Hall–Kier alpha value is -2.38. The Morgan fingerprint density at radius 1 is 1.38 bits per heavy atom. The molecule has 1 amide bonds. The van der Waals surface area contributed by atoms with Gasteiger partial charge in [0.15, 0.2) is 0 Å². The van der Waals surface area contributed by atoms with Gasteiger partial charge in [0, 0.05) is 30.1 Å². The zero-order chi connectivity index (χ0) is 20.5. The maximum Gasteiger partial charge on any atom is 0.335 e. The summed E-state index contributed by atoms with van der Waals surface area (Å²) in [6.45, 7) is 3.39. The van der Waals surface area contributed by atoms with Crippen molar-refractivity contribution in [3.05, 3.63) is 35.0 Å². The molecule has 3 heterocycles. The van der Waals surface area contributed by atoms with Crippen molar-refractivity contribution in [2.24, 2.45) is 11.8 Å². The van der Waals surface area contributed by atoms with Crippen molar-refractivity contribution in [1.82, 2.24) is 4.90 Å². The lowest BCUT2D eigenvalue weighted by atomic mass is 9.60. The summed E-state index contributed by atoms with van der Waals surface area (Å²) in [6, 6.07) is 6.04. The van der Waals surface area contributed by atoms with Crippen LogP contribution in [0.4, 0.5) is 5.69 Å². The predicted octanol–water partition coefficient (Wildman–Crippen LogP) is 1.44. The number of carbonyl (C=O) groups excluding carboxylic acids is 2. The molecule has 5 atom stereocenters. The normalized spacial score (nSPS) is 33.2. The number of fused-ring (bicyclic) bond motifs is 2. The van der Waals surface area contributed by atoms with E-state index in [0.29, 0.717) is 11.3 Å². The molecule has 5 rings (SSSR count). The first kappa shape index (κ1) is 18.6. The van der Waals surface area contributed by atoms with Crippen LogP contribution in [-0.4, -0.2) is 61.8 Å². The van der Waals surface area contributed by atoms with Crippen LogP contribution < -0.4 is 9.64 Å². The number of para-hydroxylation sites is 1. The van der Waals surface area contributed by atoms with Gasteiger partial charge < -0.3 is 14.6 Å². The lowest BCUT2D eigenvalue weighted by Gasteiger charge is -2.51. The number of esters is 1. The quantitative estimate of drug-likeness (QED) is 0.611. The molecule has 7 nitrogen and oxygen atoms in total. The second-order valence-corrected chi connectivity index (χ2v) is 8.56. The number of rotatable bonds is 4. The molecule has 1 aromatic rings. The number of piperidine rings is 1. The monoisotopic (exact) mass is 398 g/mol. The highest BCUT2D eigenvalue weighted by Crippen LogP contribution is 2.64. The van der Waals surface area contributed by atoms with Crippen LogP contribution >= 0.6 is 0 Å². The number of benzene rings is 1. The molecule has 1 aromatic carbocycles. The first-order valence-electron chi connectivity index (χ1n) is 10.2. The number of amides is 1. The minimum Gasteiger partial charge on any atom is -0.495 e. The van der Waals surface area contributed by atoms with Crippen LogP contribution in [0.1, 0.15) is 25.3 Å². The van der Waals surface area contributed by atoms with Gasteiger partial charge in [0.25, 0.3) is 0 Å². The van der Waals surface area contributed by atoms with Crippen molar-refractivity contribution in [3.63, 3.8) is 0 Å². The van der Waals surface area contributed by atoms with Gasteiger partial charge in [0.05, 0.1) is 37.0 Å². The fourth-order valence-electron chi connectivity index (χ4n) is 6.51. The zero-order valence-electron chi connectivity index (χ0n) is 16.9. The molecule has 2 fully saturated rings.